The Balaban J connectivity index is 2.05. The van der Waals surface area contributed by atoms with Gasteiger partial charge in [0.25, 0.3) is 5.91 Å². The first-order valence-corrected chi connectivity index (χ1v) is 10.3. The van der Waals surface area contributed by atoms with Crippen LogP contribution in [0.2, 0.25) is 5.02 Å². The second-order valence-corrected chi connectivity index (χ2v) is 8.82. The quantitative estimate of drug-likeness (QED) is 0.712. The first-order chi connectivity index (χ1) is 13.1. The van der Waals surface area contributed by atoms with Gasteiger partial charge < -0.3 is 10.6 Å². The topological polar surface area (TPSA) is 95.6 Å². The van der Waals surface area contributed by atoms with Crippen LogP contribution in [0.25, 0.3) is 0 Å². The molecule has 2 aromatic carbocycles. The van der Waals surface area contributed by atoms with Crippen LogP contribution in [-0.4, -0.2) is 44.7 Å². The van der Waals surface area contributed by atoms with E-state index in [0.29, 0.717) is 5.56 Å². The summed E-state index contributed by atoms with van der Waals surface area (Å²) in [6, 6.07) is 12.1. The van der Waals surface area contributed by atoms with Crippen molar-refractivity contribution in [3.63, 3.8) is 0 Å². The number of sulfonamides is 1. The molecule has 0 aromatic heterocycles. The van der Waals surface area contributed by atoms with Gasteiger partial charge in [-0.25, -0.2) is 12.7 Å². The molecule has 28 heavy (non-hydrogen) atoms. The summed E-state index contributed by atoms with van der Waals surface area (Å²) in [7, 11) is -0.755. The maximum Gasteiger partial charge on any atom is 0.253 e. The number of nitrogens with one attached hydrogen (secondary N) is 2. The molecule has 0 fully saturated rings. The molecule has 2 N–H and O–H groups in total. The van der Waals surface area contributed by atoms with Gasteiger partial charge in [-0.05, 0) is 30.7 Å². The second kappa shape index (κ2) is 9.18. The van der Waals surface area contributed by atoms with E-state index in [1.165, 1.54) is 27.1 Å². The molecule has 0 aliphatic carbocycles. The fraction of sp³-hybridized carbons (Fsp3) is 0.263. The molecule has 0 aliphatic rings. The number of benzene rings is 2. The summed E-state index contributed by atoms with van der Waals surface area (Å²) in [5.41, 5.74) is 0.723. The highest BCUT2D eigenvalue weighted by molar-refractivity contribution is 7.89. The zero-order chi connectivity index (χ0) is 20.9. The van der Waals surface area contributed by atoms with Crippen molar-refractivity contribution in [1.82, 2.24) is 14.9 Å². The lowest BCUT2D eigenvalue weighted by molar-refractivity contribution is -0.122. The van der Waals surface area contributed by atoms with E-state index in [-0.39, 0.29) is 22.0 Å². The number of hydrogen-bond acceptors (Lipinski definition) is 4. The van der Waals surface area contributed by atoms with E-state index in [2.05, 4.69) is 10.6 Å². The van der Waals surface area contributed by atoms with Crippen molar-refractivity contribution in [2.75, 3.05) is 14.1 Å². The minimum absolute atomic E-state index is 0.00831. The number of halogens is 1. The summed E-state index contributed by atoms with van der Waals surface area (Å²) in [5, 5.41) is 5.51. The van der Waals surface area contributed by atoms with Gasteiger partial charge in [0.2, 0.25) is 15.9 Å². The van der Waals surface area contributed by atoms with Crippen LogP contribution in [0.4, 0.5) is 0 Å². The Kier molecular flexibility index (Phi) is 7.17. The lowest BCUT2D eigenvalue weighted by Gasteiger charge is -2.17. The predicted octanol–water partition coefficient (Wildman–Crippen LogP) is 2.03. The van der Waals surface area contributed by atoms with Gasteiger partial charge in [-0.3, -0.25) is 9.59 Å². The Morgan fingerprint density at radius 2 is 1.68 bits per heavy atom. The normalized spacial score (nSPS) is 12.5. The van der Waals surface area contributed by atoms with Crippen molar-refractivity contribution in [1.29, 1.82) is 0 Å². The molecule has 1 atom stereocenters. The molecule has 9 heteroatoms. The minimum atomic E-state index is -3.64. The molecule has 2 rings (SSSR count). The highest BCUT2D eigenvalue weighted by Gasteiger charge is 2.22. The summed E-state index contributed by atoms with van der Waals surface area (Å²) >= 11 is 5.99. The number of amides is 2. The third-order valence-electron chi connectivity index (χ3n) is 4.04. The zero-order valence-corrected chi connectivity index (χ0v) is 17.3. The van der Waals surface area contributed by atoms with Crippen molar-refractivity contribution in [2.24, 2.45) is 0 Å². The monoisotopic (exact) mass is 423 g/mol. The number of hydrogen-bond donors (Lipinski definition) is 2. The summed E-state index contributed by atoms with van der Waals surface area (Å²) < 4.78 is 25.9. The Bertz CT molecular complexity index is 977. The highest BCUT2D eigenvalue weighted by atomic mass is 35.5. The van der Waals surface area contributed by atoms with Gasteiger partial charge in [-0.1, -0.05) is 41.9 Å². The molecular formula is C19H22ClN3O4S. The summed E-state index contributed by atoms with van der Waals surface area (Å²) in [6.07, 6.45) is 0. The number of nitrogens with zero attached hydrogens (tertiary/aromatic N) is 1. The van der Waals surface area contributed by atoms with Crippen LogP contribution in [0.3, 0.4) is 0 Å². The first-order valence-electron chi connectivity index (χ1n) is 8.48. The molecule has 2 amide bonds. The van der Waals surface area contributed by atoms with E-state index in [9.17, 15) is 18.0 Å². The van der Waals surface area contributed by atoms with E-state index in [1.54, 1.807) is 42.5 Å². The van der Waals surface area contributed by atoms with Gasteiger partial charge in [-0.15, -0.1) is 0 Å². The Morgan fingerprint density at radius 3 is 2.32 bits per heavy atom. The number of carbonyl (C=O) groups excluding carboxylic acids is 2. The van der Waals surface area contributed by atoms with Crippen LogP contribution in [-0.2, 0) is 21.4 Å². The Morgan fingerprint density at radius 1 is 1.07 bits per heavy atom. The molecule has 2 aromatic rings. The third-order valence-corrected chi connectivity index (χ3v) is 6.29. The highest BCUT2D eigenvalue weighted by Crippen LogP contribution is 2.18. The van der Waals surface area contributed by atoms with Crippen LogP contribution in [0.1, 0.15) is 22.8 Å². The van der Waals surface area contributed by atoms with Gasteiger partial charge in [0, 0.05) is 20.6 Å². The van der Waals surface area contributed by atoms with Crippen LogP contribution < -0.4 is 10.6 Å². The van der Waals surface area contributed by atoms with E-state index >= 15 is 0 Å². The predicted molar refractivity (Wildman–Crippen MR) is 108 cm³/mol. The number of rotatable bonds is 7. The maximum absolute atomic E-state index is 12.4. The minimum Gasteiger partial charge on any atom is -0.350 e. The van der Waals surface area contributed by atoms with Crippen LogP contribution in [0, 0.1) is 0 Å². The van der Waals surface area contributed by atoms with E-state index in [0.717, 1.165) is 4.31 Å². The van der Waals surface area contributed by atoms with Crippen molar-refractivity contribution in [3.05, 3.63) is 64.7 Å². The lowest BCUT2D eigenvalue weighted by Crippen LogP contribution is -2.44. The molecule has 0 heterocycles. The molecule has 7 nitrogen and oxygen atoms in total. The van der Waals surface area contributed by atoms with Gasteiger partial charge >= 0.3 is 0 Å². The van der Waals surface area contributed by atoms with Gasteiger partial charge in [-0.2, -0.15) is 0 Å². The average molecular weight is 424 g/mol. The molecule has 0 bridgehead atoms. The molecule has 0 aliphatic heterocycles. The molecule has 0 spiro atoms. The van der Waals surface area contributed by atoms with Crippen LogP contribution in [0.15, 0.2) is 53.4 Å². The van der Waals surface area contributed by atoms with Crippen molar-refractivity contribution in [3.8, 4) is 0 Å². The fourth-order valence-electron chi connectivity index (χ4n) is 2.42. The van der Waals surface area contributed by atoms with Crippen molar-refractivity contribution >= 4 is 33.4 Å². The SMILES string of the molecule is C[C@@H](NC(=O)c1ccccc1Cl)C(=O)NCc1ccccc1S(=O)(=O)N(C)C. The van der Waals surface area contributed by atoms with E-state index < -0.39 is 27.9 Å². The van der Waals surface area contributed by atoms with E-state index in [4.69, 9.17) is 11.6 Å². The average Bonchev–Trinajstić information content (AvgIpc) is 2.66. The Labute approximate surface area is 169 Å². The standard InChI is InChI=1S/C19H22ClN3O4S/c1-13(22-19(25)15-9-5-6-10-16(15)20)18(24)21-12-14-8-4-7-11-17(14)28(26,27)23(2)3/h4-11,13H,12H2,1-3H3,(H,21,24)(H,22,25)/t13-/m1/s1. The van der Waals surface area contributed by atoms with Gasteiger partial charge in [0.05, 0.1) is 15.5 Å². The molecule has 0 unspecified atom stereocenters. The third kappa shape index (κ3) is 5.09. The summed E-state index contributed by atoms with van der Waals surface area (Å²) in [5.74, 6) is -0.915. The van der Waals surface area contributed by atoms with Gasteiger partial charge in [0.15, 0.2) is 0 Å². The van der Waals surface area contributed by atoms with Crippen molar-refractivity contribution < 1.29 is 18.0 Å². The lowest BCUT2D eigenvalue weighted by atomic mass is 10.2. The molecule has 150 valence electrons. The van der Waals surface area contributed by atoms with E-state index in [1.807, 2.05) is 0 Å². The summed E-state index contributed by atoms with van der Waals surface area (Å²) in [6.45, 7) is 1.54. The fourth-order valence-corrected chi connectivity index (χ4v) is 3.76. The smallest absolute Gasteiger partial charge is 0.253 e. The maximum atomic E-state index is 12.4. The van der Waals surface area contributed by atoms with Crippen LogP contribution >= 0.6 is 11.6 Å². The Hall–Kier alpha value is -2.42. The summed E-state index contributed by atoms with van der Waals surface area (Å²) in [4.78, 5) is 24.7. The first kappa shape index (κ1) is 21.9. The number of carbonyl (C=O) groups is 2. The zero-order valence-electron chi connectivity index (χ0n) is 15.8. The molecule has 0 saturated carbocycles. The van der Waals surface area contributed by atoms with Gasteiger partial charge in [0.1, 0.15) is 6.04 Å². The molecule has 0 saturated heterocycles. The van der Waals surface area contributed by atoms with Crippen LogP contribution in [0.5, 0.6) is 0 Å². The second-order valence-electron chi connectivity index (χ2n) is 6.29. The molecular weight excluding hydrogens is 402 g/mol. The molecule has 0 radical (unpaired) electrons. The van der Waals surface area contributed by atoms with Crippen molar-refractivity contribution in [2.45, 2.75) is 24.4 Å². The largest absolute Gasteiger partial charge is 0.350 e.